The molecule has 6 heteroatoms. The number of nitrogens with zero attached hydrogens (tertiary/aromatic N) is 1. The van der Waals surface area contributed by atoms with Gasteiger partial charge in [-0.3, -0.25) is 9.59 Å². The minimum atomic E-state index is 0.0469. The van der Waals surface area contributed by atoms with Crippen LogP contribution in [0.15, 0.2) is 35.7 Å². The van der Waals surface area contributed by atoms with Crippen molar-refractivity contribution in [1.82, 2.24) is 10.2 Å². The summed E-state index contributed by atoms with van der Waals surface area (Å²) in [5, 5.41) is 4.94. The Morgan fingerprint density at radius 3 is 2.92 bits per heavy atom. The van der Waals surface area contributed by atoms with Crippen LogP contribution in [-0.4, -0.2) is 35.9 Å². The molecule has 0 atom stereocenters. The van der Waals surface area contributed by atoms with Crippen molar-refractivity contribution in [3.05, 3.63) is 51.7 Å². The van der Waals surface area contributed by atoms with Gasteiger partial charge < -0.3 is 15.0 Å². The molecule has 2 amide bonds. The van der Waals surface area contributed by atoms with Crippen LogP contribution in [0.25, 0.3) is 0 Å². The minimum Gasteiger partial charge on any atom is -0.491 e. The molecule has 5 nitrogen and oxygen atoms in total. The molecule has 0 unspecified atom stereocenters. The summed E-state index contributed by atoms with van der Waals surface area (Å²) in [5.74, 6) is 0.997. The first-order valence-electron chi connectivity index (χ1n) is 9.06. The van der Waals surface area contributed by atoms with Crippen LogP contribution in [0.5, 0.6) is 5.75 Å². The third-order valence-corrected chi connectivity index (χ3v) is 5.57. The molecule has 2 aromatic rings. The first-order valence-corrected chi connectivity index (χ1v) is 9.94. The van der Waals surface area contributed by atoms with E-state index in [1.165, 1.54) is 11.3 Å². The smallest absolute Gasteiger partial charge is 0.264 e. The zero-order chi connectivity index (χ0) is 17.9. The molecule has 2 aliphatic rings. The highest BCUT2D eigenvalue weighted by Gasteiger charge is 2.24. The molecule has 1 aliphatic heterocycles. The lowest BCUT2D eigenvalue weighted by Crippen LogP contribution is -2.31. The number of carbonyl (C=O) groups excluding carboxylic acids is 2. The number of hydrogen-bond acceptors (Lipinski definition) is 4. The van der Waals surface area contributed by atoms with Gasteiger partial charge in [0, 0.05) is 24.6 Å². The first kappa shape index (κ1) is 17.1. The minimum absolute atomic E-state index is 0.0469. The molecule has 0 spiro atoms. The second-order valence-electron chi connectivity index (χ2n) is 6.84. The lowest BCUT2D eigenvalue weighted by atomic mass is 10.0. The number of hydrogen-bond donors (Lipinski definition) is 1. The molecule has 4 rings (SSSR count). The van der Waals surface area contributed by atoms with E-state index in [0.717, 1.165) is 34.6 Å². The summed E-state index contributed by atoms with van der Waals surface area (Å²) < 4.78 is 5.82. The van der Waals surface area contributed by atoms with Crippen LogP contribution >= 0.6 is 11.3 Å². The molecule has 2 heterocycles. The van der Waals surface area contributed by atoms with Crippen molar-refractivity contribution in [3.63, 3.8) is 0 Å². The Bertz CT molecular complexity index is 799. The fraction of sp³-hybridized carbons (Fsp3) is 0.400. The van der Waals surface area contributed by atoms with Gasteiger partial charge in [0.1, 0.15) is 12.4 Å². The molecule has 1 N–H and O–H groups in total. The second kappa shape index (κ2) is 7.50. The van der Waals surface area contributed by atoms with Gasteiger partial charge in [0.25, 0.3) is 5.91 Å². The maximum absolute atomic E-state index is 12.7. The summed E-state index contributed by atoms with van der Waals surface area (Å²) in [6.45, 7) is 1.60. The fourth-order valence-electron chi connectivity index (χ4n) is 3.12. The lowest BCUT2D eigenvalue weighted by molar-refractivity contribution is -0.121. The summed E-state index contributed by atoms with van der Waals surface area (Å²) in [4.78, 5) is 27.1. The molecule has 1 fully saturated rings. The molecule has 1 aromatic heterocycles. The van der Waals surface area contributed by atoms with E-state index in [1.54, 1.807) is 0 Å². The quantitative estimate of drug-likeness (QED) is 0.880. The molecular weight excluding hydrogens is 348 g/mol. The topological polar surface area (TPSA) is 58.6 Å². The van der Waals surface area contributed by atoms with Crippen LogP contribution in [0, 0.1) is 0 Å². The summed E-state index contributed by atoms with van der Waals surface area (Å²) in [5.41, 5.74) is 2.11. The monoisotopic (exact) mass is 370 g/mol. The Labute approximate surface area is 157 Å². The number of fused-ring (bicyclic) bond motifs is 1. The average molecular weight is 370 g/mol. The normalized spacial score (nSPS) is 16.4. The van der Waals surface area contributed by atoms with E-state index in [4.69, 9.17) is 4.74 Å². The number of amides is 2. The Kier molecular flexibility index (Phi) is 4.93. The number of aryl methyl sites for hydroxylation is 1. The molecule has 1 saturated carbocycles. The van der Waals surface area contributed by atoms with E-state index in [0.29, 0.717) is 38.6 Å². The molecular formula is C20H22N2O3S. The summed E-state index contributed by atoms with van der Waals surface area (Å²) in [6, 6.07) is 10.2. The highest BCUT2D eigenvalue weighted by Crippen LogP contribution is 2.26. The predicted molar refractivity (Wildman–Crippen MR) is 100 cm³/mol. The lowest BCUT2D eigenvalue weighted by Gasteiger charge is -2.19. The van der Waals surface area contributed by atoms with Crippen LogP contribution in [0.1, 0.15) is 40.1 Å². The van der Waals surface area contributed by atoms with Crippen molar-refractivity contribution in [2.45, 2.75) is 38.3 Å². The van der Waals surface area contributed by atoms with Gasteiger partial charge in [0.15, 0.2) is 0 Å². The number of rotatable bonds is 5. The molecule has 0 bridgehead atoms. The van der Waals surface area contributed by atoms with Crippen molar-refractivity contribution in [3.8, 4) is 5.75 Å². The van der Waals surface area contributed by atoms with Gasteiger partial charge in [-0.25, -0.2) is 0 Å². The van der Waals surface area contributed by atoms with Gasteiger partial charge in [-0.05, 0) is 42.3 Å². The zero-order valence-electron chi connectivity index (χ0n) is 14.6. The molecule has 0 saturated heterocycles. The second-order valence-corrected chi connectivity index (χ2v) is 7.78. The third kappa shape index (κ3) is 4.07. The summed E-state index contributed by atoms with van der Waals surface area (Å²) in [7, 11) is 0. The maximum atomic E-state index is 12.7. The van der Waals surface area contributed by atoms with Crippen LogP contribution in [0.2, 0.25) is 0 Å². The van der Waals surface area contributed by atoms with Gasteiger partial charge in [0.2, 0.25) is 5.91 Å². The molecule has 1 aromatic carbocycles. The van der Waals surface area contributed by atoms with Gasteiger partial charge >= 0.3 is 0 Å². The van der Waals surface area contributed by atoms with E-state index in [-0.39, 0.29) is 11.8 Å². The SMILES string of the molecule is O=C(CCc1ccc2c(c1)CN(C(=O)c1cccs1)CCO2)NC1CC1. The number of nitrogens with one attached hydrogen (secondary N) is 1. The van der Waals surface area contributed by atoms with Crippen molar-refractivity contribution in [1.29, 1.82) is 0 Å². The fourth-order valence-corrected chi connectivity index (χ4v) is 3.81. The largest absolute Gasteiger partial charge is 0.491 e. The van der Waals surface area contributed by atoms with Crippen molar-refractivity contribution >= 4 is 23.2 Å². The van der Waals surface area contributed by atoms with Crippen LogP contribution < -0.4 is 10.1 Å². The van der Waals surface area contributed by atoms with E-state index < -0.39 is 0 Å². The molecule has 1 aliphatic carbocycles. The van der Waals surface area contributed by atoms with Gasteiger partial charge in [-0.1, -0.05) is 18.2 Å². The van der Waals surface area contributed by atoms with E-state index >= 15 is 0 Å². The summed E-state index contributed by atoms with van der Waals surface area (Å²) >= 11 is 1.46. The van der Waals surface area contributed by atoms with Gasteiger partial charge in [0.05, 0.1) is 11.4 Å². The van der Waals surface area contributed by atoms with E-state index in [9.17, 15) is 9.59 Å². The Balaban J connectivity index is 1.43. The average Bonchev–Trinajstić information content (AvgIpc) is 3.33. The number of carbonyl (C=O) groups is 2. The predicted octanol–water partition coefficient (Wildman–Crippen LogP) is 2.99. The Hall–Kier alpha value is -2.34. The highest BCUT2D eigenvalue weighted by molar-refractivity contribution is 7.12. The number of thiophene rings is 1. The van der Waals surface area contributed by atoms with Crippen molar-refractivity contribution < 1.29 is 14.3 Å². The van der Waals surface area contributed by atoms with Crippen LogP contribution in [0.3, 0.4) is 0 Å². The number of ether oxygens (including phenoxy) is 1. The highest BCUT2D eigenvalue weighted by atomic mass is 32.1. The van der Waals surface area contributed by atoms with E-state index in [1.807, 2.05) is 34.5 Å². The number of benzene rings is 1. The third-order valence-electron chi connectivity index (χ3n) is 4.71. The Morgan fingerprint density at radius 1 is 1.27 bits per heavy atom. The first-order chi connectivity index (χ1) is 12.7. The van der Waals surface area contributed by atoms with E-state index in [2.05, 4.69) is 11.4 Å². The van der Waals surface area contributed by atoms with Crippen molar-refractivity contribution in [2.24, 2.45) is 0 Å². The summed E-state index contributed by atoms with van der Waals surface area (Å²) in [6.07, 6.45) is 3.41. The van der Waals surface area contributed by atoms with Crippen molar-refractivity contribution in [2.75, 3.05) is 13.2 Å². The van der Waals surface area contributed by atoms with Crippen LogP contribution in [0.4, 0.5) is 0 Å². The van der Waals surface area contributed by atoms with Crippen LogP contribution in [-0.2, 0) is 17.8 Å². The van der Waals surface area contributed by atoms with Gasteiger partial charge in [-0.2, -0.15) is 0 Å². The molecule has 136 valence electrons. The zero-order valence-corrected chi connectivity index (χ0v) is 15.4. The standard InChI is InChI=1S/C20H22N2O3S/c23-19(21-16-5-6-16)8-4-14-3-7-17-15(12-14)13-22(9-10-25-17)20(24)18-2-1-11-26-18/h1-3,7,11-12,16H,4-6,8-10,13H2,(H,21,23). The molecule has 26 heavy (non-hydrogen) atoms. The van der Waals surface area contributed by atoms with Gasteiger partial charge in [-0.15, -0.1) is 11.3 Å². The maximum Gasteiger partial charge on any atom is 0.264 e. The molecule has 0 radical (unpaired) electrons. The Morgan fingerprint density at radius 2 is 2.15 bits per heavy atom.